The summed E-state index contributed by atoms with van der Waals surface area (Å²) in [5, 5.41) is 5.81. The van der Waals surface area contributed by atoms with Gasteiger partial charge in [-0.05, 0) is 60.6 Å². The number of amides is 2. The van der Waals surface area contributed by atoms with Gasteiger partial charge in [0.1, 0.15) is 0 Å². The minimum Gasteiger partial charge on any atom is -0.349 e. The number of nitrogens with one attached hydrogen (secondary N) is 2. The monoisotopic (exact) mass is 354 g/mol. The smallest absolute Gasteiger partial charge is 0.255 e. The molecule has 0 aliphatic heterocycles. The van der Waals surface area contributed by atoms with E-state index in [0.717, 1.165) is 24.3 Å². The minimum atomic E-state index is -0.148. The van der Waals surface area contributed by atoms with E-state index in [4.69, 9.17) is 0 Å². The van der Waals surface area contributed by atoms with Crippen molar-refractivity contribution >= 4 is 29.3 Å². The number of rotatable bonds is 7. The molecule has 2 N–H and O–H groups in total. The average molecular weight is 354 g/mol. The zero-order valence-electron chi connectivity index (χ0n) is 14.2. The Morgan fingerprint density at radius 2 is 1.56 bits per heavy atom. The molecule has 25 heavy (non-hydrogen) atoms. The fourth-order valence-corrected chi connectivity index (χ4v) is 3.01. The zero-order valence-corrected chi connectivity index (χ0v) is 15.1. The number of benzene rings is 2. The Morgan fingerprint density at radius 3 is 2.16 bits per heavy atom. The molecule has 1 fully saturated rings. The van der Waals surface area contributed by atoms with Gasteiger partial charge in [0.15, 0.2) is 0 Å². The molecule has 2 amide bonds. The Morgan fingerprint density at radius 1 is 0.960 bits per heavy atom. The summed E-state index contributed by atoms with van der Waals surface area (Å²) in [4.78, 5) is 24.3. The number of carbonyl (C=O) groups is 2. The standard InChI is InChI=1S/C20H22N2O2S/c1-2-25-13-14-3-5-15(6-4-14)19(23)21-17-9-7-16(8-10-17)20(24)22-18-11-12-18/h3-10,18H,2,11-13H2,1H3,(H,21,23)(H,22,24). The van der Waals surface area contributed by atoms with Crippen LogP contribution in [-0.4, -0.2) is 23.6 Å². The third-order valence-electron chi connectivity index (χ3n) is 4.01. The first-order chi connectivity index (χ1) is 12.2. The third-order valence-corrected chi connectivity index (χ3v) is 4.95. The van der Waals surface area contributed by atoms with Crippen molar-refractivity contribution in [2.75, 3.05) is 11.1 Å². The maximum absolute atomic E-state index is 12.3. The molecular weight excluding hydrogens is 332 g/mol. The molecule has 0 spiro atoms. The highest BCUT2D eigenvalue weighted by Crippen LogP contribution is 2.20. The molecule has 2 aromatic carbocycles. The molecule has 0 unspecified atom stereocenters. The van der Waals surface area contributed by atoms with Crippen LogP contribution in [0.3, 0.4) is 0 Å². The van der Waals surface area contributed by atoms with Gasteiger partial charge in [0.2, 0.25) is 0 Å². The molecule has 0 bridgehead atoms. The zero-order chi connectivity index (χ0) is 17.6. The predicted molar refractivity (Wildman–Crippen MR) is 103 cm³/mol. The van der Waals surface area contributed by atoms with Crippen LogP contribution in [0.5, 0.6) is 0 Å². The van der Waals surface area contributed by atoms with Gasteiger partial charge in [-0.15, -0.1) is 0 Å². The molecular formula is C20H22N2O2S. The molecule has 130 valence electrons. The van der Waals surface area contributed by atoms with E-state index in [2.05, 4.69) is 17.6 Å². The van der Waals surface area contributed by atoms with Crippen LogP contribution in [0.15, 0.2) is 48.5 Å². The summed E-state index contributed by atoms with van der Waals surface area (Å²) in [6.07, 6.45) is 2.13. The van der Waals surface area contributed by atoms with Crippen LogP contribution < -0.4 is 10.6 Å². The second-order valence-corrected chi connectivity index (χ2v) is 7.39. The summed E-state index contributed by atoms with van der Waals surface area (Å²) in [6, 6.07) is 15.0. The van der Waals surface area contributed by atoms with Gasteiger partial charge in [-0.25, -0.2) is 0 Å². The van der Waals surface area contributed by atoms with Gasteiger partial charge in [0.05, 0.1) is 0 Å². The highest BCUT2D eigenvalue weighted by atomic mass is 32.2. The number of thioether (sulfide) groups is 1. The molecule has 2 aromatic rings. The molecule has 0 radical (unpaired) electrons. The Labute approximate surface area is 152 Å². The van der Waals surface area contributed by atoms with Crippen LogP contribution in [-0.2, 0) is 5.75 Å². The molecule has 0 atom stereocenters. The largest absolute Gasteiger partial charge is 0.349 e. The maximum atomic E-state index is 12.3. The van der Waals surface area contributed by atoms with Crippen molar-refractivity contribution in [1.82, 2.24) is 5.32 Å². The molecule has 4 nitrogen and oxygen atoms in total. The molecule has 0 heterocycles. The molecule has 1 aliphatic rings. The lowest BCUT2D eigenvalue weighted by atomic mass is 10.1. The number of hydrogen-bond donors (Lipinski definition) is 2. The average Bonchev–Trinajstić information content (AvgIpc) is 3.45. The Balaban J connectivity index is 1.57. The lowest BCUT2D eigenvalue weighted by Gasteiger charge is -2.08. The highest BCUT2D eigenvalue weighted by Gasteiger charge is 2.23. The molecule has 0 aromatic heterocycles. The number of carbonyl (C=O) groups excluding carboxylic acids is 2. The van der Waals surface area contributed by atoms with Crippen LogP contribution >= 0.6 is 11.8 Å². The van der Waals surface area contributed by atoms with Crippen molar-refractivity contribution in [1.29, 1.82) is 0 Å². The summed E-state index contributed by atoms with van der Waals surface area (Å²) in [6.45, 7) is 2.13. The number of anilines is 1. The van der Waals surface area contributed by atoms with E-state index in [-0.39, 0.29) is 11.8 Å². The van der Waals surface area contributed by atoms with Gasteiger partial charge in [-0.1, -0.05) is 19.1 Å². The fraction of sp³-hybridized carbons (Fsp3) is 0.300. The first-order valence-electron chi connectivity index (χ1n) is 8.54. The Kier molecular flexibility index (Phi) is 5.76. The first kappa shape index (κ1) is 17.5. The second kappa shape index (κ2) is 8.21. The van der Waals surface area contributed by atoms with Gasteiger partial charge in [0.25, 0.3) is 11.8 Å². The summed E-state index contributed by atoms with van der Waals surface area (Å²) in [5.41, 5.74) is 3.14. The topological polar surface area (TPSA) is 58.2 Å². The maximum Gasteiger partial charge on any atom is 0.255 e. The van der Waals surface area contributed by atoms with Crippen molar-refractivity contribution in [2.45, 2.75) is 31.6 Å². The Bertz CT molecular complexity index is 737. The molecule has 0 saturated heterocycles. The quantitative estimate of drug-likeness (QED) is 0.787. The van der Waals surface area contributed by atoms with Crippen molar-refractivity contribution < 1.29 is 9.59 Å². The van der Waals surface area contributed by atoms with E-state index in [1.165, 1.54) is 5.56 Å². The number of hydrogen-bond acceptors (Lipinski definition) is 3. The third kappa shape index (κ3) is 5.10. The van der Waals surface area contributed by atoms with E-state index < -0.39 is 0 Å². The molecule has 5 heteroatoms. The minimum absolute atomic E-state index is 0.0547. The molecule has 1 saturated carbocycles. The highest BCUT2D eigenvalue weighted by molar-refractivity contribution is 7.98. The van der Waals surface area contributed by atoms with Gasteiger partial charge in [-0.3, -0.25) is 9.59 Å². The van der Waals surface area contributed by atoms with E-state index in [0.29, 0.717) is 22.9 Å². The van der Waals surface area contributed by atoms with Crippen LogP contribution in [0.2, 0.25) is 0 Å². The van der Waals surface area contributed by atoms with Crippen molar-refractivity contribution in [3.05, 3.63) is 65.2 Å². The summed E-state index contributed by atoms with van der Waals surface area (Å²) in [5.74, 6) is 1.84. The van der Waals surface area contributed by atoms with E-state index in [9.17, 15) is 9.59 Å². The van der Waals surface area contributed by atoms with E-state index in [1.807, 2.05) is 36.0 Å². The van der Waals surface area contributed by atoms with Gasteiger partial charge >= 0.3 is 0 Å². The van der Waals surface area contributed by atoms with Gasteiger partial charge < -0.3 is 10.6 Å². The predicted octanol–water partition coefficient (Wildman–Crippen LogP) is 4.08. The summed E-state index contributed by atoms with van der Waals surface area (Å²) < 4.78 is 0. The van der Waals surface area contributed by atoms with Gasteiger partial charge in [-0.2, -0.15) is 11.8 Å². The van der Waals surface area contributed by atoms with Crippen molar-refractivity contribution in [3.8, 4) is 0 Å². The lowest BCUT2D eigenvalue weighted by molar-refractivity contribution is 0.0950. The van der Waals surface area contributed by atoms with Crippen molar-refractivity contribution in [3.63, 3.8) is 0 Å². The lowest BCUT2D eigenvalue weighted by Crippen LogP contribution is -2.25. The van der Waals surface area contributed by atoms with Crippen LogP contribution in [0.1, 0.15) is 46.0 Å². The van der Waals surface area contributed by atoms with Gasteiger partial charge in [0, 0.05) is 28.6 Å². The fourth-order valence-electron chi connectivity index (χ4n) is 2.38. The van der Waals surface area contributed by atoms with Crippen LogP contribution in [0, 0.1) is 0 Å². The molecule has 1 aliphatic carbocycles. The first-order valence-corrected chi connectivity index (χ1v) is 9.70. The SMILES string of the molecule is CCSCc1ccc(C(=O)Nc2ccc(C(=O)NC3CC3)cc2)cc1. The van der Waals surface area contributed by atoms with E-state index >= 15 is 0 Å². The normalized spacial score (nSPS) is 13.3. The molecule has 3 rings (SSSR count). The second-order valence-electron chi connectivity index (χ2n) is 6.11. The summed E-state index contributed by atoms with van der Waals surface area (Å²) in [7, 11) is 0. The van der Waals surface area contributed by atoms with Crippen molar-refractivity contribution in [2.24, 2.45) is 0 Å². The Hall–Kier alpha value is -2.27. The summed E-state index contributed by atoms with van der Waals surface area (Å²) >= 11 is 1.86. The van der Waals surface area contributed by atoms with E-state index in [1.54, 1.807) is 24.3 Å². The van der Waals surface area contributed by atoms with Crippen LogP contribution in [0.25, 0.3) is 0 Å². The van der Waals surface area contributed by atoms with Crippen LogP contribution in [0.4, 0.5) is 5.69 Å².